The van der Waals surface area contributed by atoms with Crippen LogP contribution in [-0.2, 0) is 6.42 Å². The second-order valence-corrected chi connectivity index (χ2v) is 5.20. The van der Waals surface area contributed by atoms with E-state index in [-0.39, 0.29) is 16.7 Å². The van der Waals surface area contributed by atoms with Crippen LogP contribution in [0.25, 0.3) is 0 Å². The minimum absolute atomic E-state index is 0.150. The van der Waals surface area contributed by atoms with Gasteiger partial charge >= 0.3 is 6.03 Å². The van der Waals surface area contributed by atoms with Gasteiger partial charge in [-0.3, -0.25) is 10.1 Å². The van der Waals surface area contributed by atoms with Crippen molar-refractivity contribution in [2.24, 2.45) is 5.73 Å². The zero-order valence-electron chi connectivity index (χ0n) is 12.0. The Morgan fingerprint density at radius 3 is 2.67 bits per heavy atom. The van der Waals surface area contributed by atoms with E-state index in [1.165, 1.54) is 0 Å². The molecule has 0 saturated carbocycles. The highest BCUT2D eigenvalue weighted by Gasteiger charge is 2.22. The minimum atomic E-state index is -0.392. The number of hydrogen-bond donors (Lipinski definition) is 2. The van der Waals surface area contributed by atoms with Crippen LogP contribution < -0.4 is 11.1 Å². The largest absolute Gasteiger partial charge is 0.382 e. The molecule has 1 aromatic carbocycles. The highest BCUT2D eigenvalue weighted by molar-refractivity contribution is 5.72. The van der Waals surface area contributed by atoms with Gasteiger partial charge in [-0.15, -0.1) is 0 Å². The number of aryl methyl sites for hydroxylation is 1. The summed E-state index contributed by atoms with van der Waals surface area (Å²) >= 11 is 0. The number of piperidine rings is 1. The lowest BCUT2D eigenvalue weighted by atomic mass is 10.0. The number of nitro groups is 1. The lowest BCUT2D eigenvalue weighted by Gasteiger charge is -2.31. The van der Waals surface area contributed by atoms with E-state index in [2.05, 4.69) is 5.32 Å². The molecule has 0 aliphatic carbocycles. The third kappa shape index (κ3) is 3.62. The van der Waals surface area contributed by atoms with Gasteiger partial charge in [-0.2, -0.15) is 0 Å². The second kappa shape index (κ2) is 6.43. The molecule has 1 fully saturated rings. The van der Waals surface area contributed by atoms with Gasteiger partial charge in [0.05, 0.1) is 4.92 Å². The van der Waals surface area contributed by atoms with Crippen molar-refractivity contribution in [3.8, 4) is 0 Å². The van der Waals surface area contributed by atoms with Gasteiger partial charge in [-0.05, 0) is 25.3 Å². The SMILES string of the molecule is CCc1ccc(NC2CCN(C(N)=O)CC2)cc1[N+](=O)[O-]. The first-order valence-corrected chi connectivity index (χ1v) is 7.09. The highest BCUT2D eigenvalue weighted by atomic mass is 16.6. The van der Waals surface area contributed by atoms with Crippen molar-refractivity contribution in [2.45, 2.75) is 32.2 Å². The molecular weight excluding hydrogens is 272 g/mol. The summed E-state index contributed by atoms with van der Waals surface area (Å²) in [5, 5.41) is 14.4. The topological polar surface area (TPSA) is 102 Å². The predicted molar refractivity (Wildman–Crippen MR) is 80.3 cm³/mol. The highest BCUT2D eigenvalue weighted by Crippen LogP contribution is 2.25. The van der Waals surface area contributed by atoms with Gasteiger partial charge in [0, 0.05) is 36.4 Å². The first-order valence-electron chi connectivity index (χ1n) is 7.09. The number of likely N-dealkylation sites (tertiary alicyclic amines) is 1. The number of benzene rings is 1. The third-order valence-electron chi connectivity index (χ3n) is 3.84. The molecule has 0 bridgehead atoms. The zero-order chi connectivity index (χ0) is 15.4. The molecule has 3 N–H and O–H groups in total. The molecule has 1 aliphatic heterocycles. The fourth-order valence-corrected chi connectivity index (χ4v) is 2.60. The Bertz CT molecular complexity index is 539. The van der Waals surface area contributed by atoms with Gasteiger partial charge in [-0.1, -0.05) is 13.0 Å². The van der Waals surface area contributed by atoms with Gasteiger partial charge < -0.3 is 16.0 Å². The molecule has 21 heavy (non-hydrogen) atoms. The fraction of sp³-hybridized carbons (Fsp3) is 0.500. The zero-order valence-corrected chi connectivity index (χ0v) is 12.0. The number of hydrogen-bond acceptors (Lipinski definition) is 4. The van der Waals surface area contributed by atoms with Crippen molar-refractivity contribution in [3.05, 3.63) is 33.9 Å². The van der Waals surface area contributed by atoms with Crippen molar-refractivity contribution in [3.63, 3.8) is 0 Å². The van der Waals surface area contributed by atoms with E-state index in [9.17, 15) is 14.9 Å². The molecule has 1 aliphatic rings. The summed E-state index contributed by atoms with van der Waals surface area (Å²) in [5.41, 5.74) is 6.87. The molecule has 0 atom stereocenters. The second-order valence-electron chi connectivity index (χ2n) is 5.20. The van der Waals surface area contributed by atoms with Crippen LogP contribution in [0.15, 0.2) is 18.2 Å². The molecule has 2 rings (SSSR count). The Kier molecular flexibility index (Phi) is 4.62. The minimum Gasteiger partial charge on any atom is -0.382 e. The number of nitrogens with two attached hydrogens (primary N) is 1. The van der Waals surface area contributed by atoms with Crippen molar-refractivity contribution >= 4 is 17.4 Å². The number of carbonyl (C=O) groups is 1. The maximum atomic E-state index is 11.1. The van der Waals surface area contributed by atoms with Crippen LogP contribution in [0.2, 0.25) is 0 Å². The monoisotopic (exact) mass is 292 g/mol. The van der Waals surface area contributed by atoms with Gasteiger partial charge in [0.25, 0.3) is 5.69 Å². The lowest BCUT2D eigenvalue weighted by Crippen LogP contribution is -2.44. The van der Waals surface area contributed by atoms with Crippen LogP contribution in [0.3, 0.4) is 0 Å². The molecule has 0 radical (unpaired) electrons. The Hall–Kier alpha value is -2.31. The van der Waals surface area contributed by atoms with Crippen molar-refractivity contribution in [1.29, 1.82) is 0 Å². The molecule has 1 heterocycles. The van der Waals surface area contributed by atoms with Gasteiger partial charge in [0.15, 0.2) is 0 Å². The molecule has 7 heteroatoms. The van der Waals surface area contributed by atoms with E-state index >= 15 is 0 Å². The van der Waals surface area contributed by atoms with Crippen LogP contribution >= 0.6 is 0 Å². The summed E-state index contributed by atoms with van der Waals surface area (Å²) in [7, 11) is 0. The lowest BCUT2D eigenvalue weighted by molar-refractivity contribution is -0.385. The number of carbonyl (C=O) groups excluding carboxylic acids is 1. The van der Waals surface area contributed by atoms with Gasteiger partial charge in [-0.25, -0.2) is 4.79 Å². The van der Waals surface area contributed by atoms with Crippen LogP contribution in [0.4, 0.5) is 16.2 Å². The standard InChI is InChI=1S/C14H20N4O3/c1-2-10-3-4-12(9-13(10)18(20)21)16-11-5-7-17(8-6-11)14(15)19/h3-4,9,11,16H,2,5-8H2,1H3,(H2,15,19). The van der Waals surface area contributed by atoms with E-state index in [0.717, 1.165) is 24.1 Å². The third-order valence-corrected chi connectivity index (χ3v) is 3.84. The Balaban J connectivity index is 2.02. The summed E-state index contributed by atoms with van der Waals surface area (Å²) in [6, 6.07) is 5.05. The molecule has 0 spiro atoms. The average molecular weight is 292 g/mol. The summed E-state index contributed by atoms with van der Waals surface area (Å²) in [5.74, 6) is 0. The van der Waals surface area contributed by atoms with Crippen LogP contribution in [-0.4, -0.2) is 35.0 Å². The number of anilines is 1. The van der Waals surface area contributed by atoms with Crippen molar-refractivity contribution in [2.75, 3.05) is 18.4 Å². The Morgan fingerprint density at radius 2 is 2.14 bits per heavy atom. The first-order chi connectivity index (χ1) is 10.0. The molecule has 7 nitrogen and oxygen atoms in total. The summed E-state index contributed by atoms with van der Waals surface area (Å²) in [4.78, 5) is 23.4. The molecular formula is C14H20N4O3. The number of urea groups is 1. The Morgan fingerprint density at radius 1 is 1.48 bits per heavy atom. The quantitative estimate of drug-likeness (QED) is 0.655. The molecule has 1 aromatic rings. The van der Waals surface area contributed by atoms with Gasteiger partial charge in [0.1, 0.15) is 0 Å². The molecule has 0 aromatic heterocycles. The van der Waals surface area contributed by atoms with Crippen LogP contribution in [0.1, 0.15) is 25.3 Å². The fourth-order valence-electron chi connectivity index (χ4n) is 2.60. The number of nitro benzene ring substituents is 1. The number of primary amides is 1. The summed E-state index contributed by atoms with van der Waals surface area (Å²) < 4.78 is 0. The normalized spacial score (nSPS) is 15.8. The molecule has 2 amide bonds. The van der Waals surface area contributed by atoms with Crippen molar-refractivity contribution in [1.82, 2.24) is 4.90 Å². The van der Waals surface area contributed by atoms with E-state index in [4.69, 9.17) is 5.73 Å². The van der Waals surface area contributed by atoms with E-state index in [1.54, 1.807) is 17.0 Å². The molecule has 0 unspecified atom stereocenters. The smallest absolute Gasteiger partial charge is 0.314 e. The summed E-state index contributed by atoms with van der Waals surface area (Å²) in [6.45, 7) is 3.12. The number of rotatable bonds is 4. The average Bonchev–Trinajstić information content (AvgIpc) is 2.47. The van der Waals surface area contributed by atoms with Crippen LogP contribution in [0, 0.1) is 10.1 Å². The van der Waals surface area contributed by atoms with Gasteiger partial charge in [0.2, 0.25) is 0 Å². The maximum absolute atomic E-state index is 11.1. The van der Waals surface area contributed by atoms with Crippen LogP contribution in [0.5, 0.6) is 0 Å². The maximum Gasteiger partial charge on any atom is 0.314 e. The van der Waals surface area contributed by atoms with E-state index in [0.29, 0.717) is 19.5 Å². The first kappa shape index (κ1) is 15.1. The van der Waals surface area contributed by atoms with Crippen molar-refractivity contribution < 1.29 is 9.72 Å². The predicted octanol–water partition coefficient (Wildman–Crippen LogP) is 2.11. The summed E-state index contributed by atoms with van der Waals surface area (Å²) in [6.07, 6.45) is 2.20. The number of nitrogens with one attached hydrogen (secondary N) is 1. The van der Waals surface area contributed by atoms with E-state index in [1.807, 2.05) is 13.0 Å². The Labute approximate surface area is 123 Å². The number of nitrogens with zero attached hydrogens (tertiary/aromatic N) is 2. The number of amides is 2. The van der Waals surface area contributed by atoms with E-state index < -0.39 is 6.03 Å². The molecule has 1 saturated heterocycles. The molecule has 114 valence electrons.